The number of rotatable bonds is 8. The third kappa shape index (κ3) is 8.87. The van der Waals surface area contributed by atoms with Crippen molar-refractivity contribution >= 4 is 35.5 Å². The highest BCUT2D eigenvalue weighted by atomic mass is 35.5. The zero-order chi connectivity index (χ0) is 29.4. The van der Waals surface area contributed by atoms with Gasteiger partial charge in [-0.2, -0.15) is 0 Å². The molecule has 0 radical (unpaired) electrons. The maximum atomic E-state index is 13.5. The average Bonchev–Trinajstić information content (AvgIpc) is 2.89. The smallest absolute Gasteiger partial charge is 0.409 e. The van der Waals surface area contributed by atoms with Gasteiger partial charge >= 0.3 is 12.1 Å². The number of nitrogens with zero attached hydrogens (tertiary/aromatic N) is 4. The predicted octanol–water partition coefficient (Wildman–Crippen LogP) is 3.46. The molecule has 1 fully saturated rings. The van der Waals surface area contributed by atoms with Crippen molar-refractivity contribution in [3.8, 4) is 11.4 Å². The van der Waals surface area contributed by atoms with E-state index >= 15 is 0 Å². The summed E-state index contributed by atoms with van der Waals surface area (Å²) >= 11 is 6.14. The van der Waals surface area contributed by atoms with Crippen LogP contribution in [-0.4, -0.2) is 88.1 Å². The molecule has 1 saturated heterocycles. The SMILES string of the molecule is CCOC(=O)N1CCN(C(=O)C(CCC(=O)OC(C)(C)C)NC(=O)c2cc(Cl)nc(-c3ccc(F)cc3)n2)CC1. The fourth-order valence-corrected chi connectivity index (χ4v) is 4.13. The van der Waals surface area contributed by atoms with Gasteiger partial charge in [0.05, 0.1) is 6.61 Å². The van der Waals surface area contributed by atoms with Gasteiger partial charge in [-0.1, -0.05) is 11.6 Å². The number of carbonyl (C=O) groups is 4. The summed E-state index contributed by atoms with van der Waals surface area (Å²) in [5.41, 5.74) is -0.381. The minimum Gasteiger partial charge on any atom is -0.460 e. The van der Waals surface area contributed by atoms with Crippen LogP contribution in [0.1, 0.15) is 51.0 Å². The highest BCUT2D eigenvalue weighted by Crippen LogP contribution is 2.19. The van der Waals surface area contributed by atoms with Crippen molar-refractivity contribution in [2.45, 2.75) is 52.2 Å². The van der Waals surface area contributed by atoms with Crippen molar-refractivity contribution in [2.24, 2.45) is 0 Å². The molecule has 1 aliphatic rings. The molecular formula is C27H33ClFN5O6. The van der Waals surface area contributed by atoms with E-state index in [1.165, 1.54) is 40.1 Å². The Morgan fingerprint density at radius 2 is 1.68 bits per heavy atom. The van der Waals surface area contributed by atoms with E-state index in [1.807, 2.05) is 0 Å². The summed E-state index contributed by atoms with van der Waals surface area (Å²) < 4.78 is 23.7. The summed E-state index contributed by atoms with van der Waals surface area (Å²) in [5.74, 6) is -1.99. The lowest BCUT2D eigenvalue weighted by molar-refractivity contribution is -0.155. The van der Waals surface area contributed by atoms with Crippen LogP contribution in [-0.2, 0) is 19.1 Å². The standard InChI is InChI=1S/C27H33ClFN5O6/c1-5-39-26(38)34-14-12-33(13-15-34)25(37)19(10-11-22(35)40-27(2,3)4)31-24(36)20-16-21(28)32-23(30-20)17-6-8-18(29)9-7-17/h6-9,16,19H,5,10-15H2,1-4H3,(H,31,36). The highest BCUT2D eigenvalue weighted by Gasteiger charge is 2.32. The first-order valence-corrected chi connectivity index (χ1v) is 13.3. The van der Waals surface area contributed by atoms with Crippen LogP contribution >= 0.6 is 11.6 Å². The number of ether oxygens (including phenoxy) is 2. The van der Waals surface area contributed by atoms with E-state index in [2.05, 4.69) is 15.3 Å². The lowest BCUT2D eigenvalue weighted by Gasteiger charge is -2.36. The Labute approximate surface area is 237 Å². The Morgan fingerprint density at radius 1 is 1.05 bits per heavy atom. The quantitative estimate of drug-likeness (QED) is 0.373. The first-order valence-electron chi connectivity index (χ1n) is 12.9. The maximum Gasteiger partial charge on any atom is 0.409 e. The van der Waals surface area contributed by atoms with Gasteiger partial charge in [-0.15, -0.1) is 0 Å². The van der Waals surface area contributed by atoms with Gasteiger partial charge < -0.3 is 24.6 Å². The van der Waals surface area contributed by atoms with E-state index in [1.54, 1.807) is 27.7 Å². The van der Waals surface area contributed by atoms with Crippen LogP contribution in [0, 0.1) is 5.82 Å². The molecule has 1 unspecified atom stereocenters. The Kier molecular flexibility index (Phi) is 10.4. The van der Waals surface area contributed by atoms with Gasteiger partial charge in [-0.3, -0.25) is 14.4 Å². The summed E-state index contributed by atoms with van der Waals surface area (Å²) in [6, 6.07) is 5.52. The lowest BCUT2D eigenvalue weighted by atomic mass is 10.1. The summed E-state index contributed by atoms with van der Waals surface area (Å²) in [7, 11) is 0. The van der Waals surface area contributed by atoms with Crippen LogP contribution in [0.3, 0.4) is 0 Å². The zero-order valence-corrected chi connectivity index (χ0v) is 23.7. The molecule has 13 heteroatoms. The van der Waals surface area contributed by atoms with Crippen LogP contribution in [0.15, 0.2) is 30.3 Å². The Balaban J connectivity index is 1.77. The van der Waals surface area contributed by atoms with Crippen molar-refractivity contribution in [3.63, 3.8) is 0 Å². The molecule has 1 aromatic carbocycles. The number of piperazine rings is 1. The van der Waals surface area contributed by atoms with Crippen LogP contribution in [0.2, 0.25) is 5.15 Å². The summed E-state index contributed by atoms with van der Waals surface area (Å²) in [6.45, 7) is 8.13. The van der Waals surface area contributed by atoms with E-state index in [4.69, 9.17) is 21.1 Å². The van der Waals surface area contributed by atoms with Crippen LogP contribution in [0.5, 0.6) is 0 Å². The molecule has 0 bridgehead atoms. The molecule has 0 aliphatic carbocycles. The van der Waals surface area contributed by atoms with Crippen LogP contribution < -0.4 is 5.32 Å². The van der Waals surface area contributed by atoms with E-state index in [9.17, 15) is 23.6 Å². The van der Waals surface area contributed by atoms with Gasteiger partial charge in [-0.25, -0.2) is 19.2 Å². The first-order chi connectivity index (χ1) is 18.9. The molecule has 0 saturated carbocycles. The molecule has 11 nitrogen and oxygen atoms in total. The first kappa shape index (κ1) is 30.7. The highest BCUT2D eigenvalue weighted by molar-refractivity contribution is 6.29. The number of aromatic nitrogens is 2. The molecule has 1 N–H and O–H groups in total. The number of hydrogen-bond acceptors (Lipinski definition) is 8. The molecular weight excluding hydrogens is 545 g/mol. The van der Waals surface area contributed by atoms with Gasteiger partial charge in [0.1, 0.15) is 28.3 Å². The van der Waals surface area contributed by atoms with Gasteiger partial charge in [0, 0.05) is 44.2 Å². The molecule has 1 aliphatic heterocycles. The topological polar surface area (TPSA) is 131 Å². The molecule has 0 spiro atoms. The minimum atomic E-state index is -1.09. The Morgan fingerprint density at radius 3 is 2.27 bits per heavy atom. The van der Waals surface area contributed by atoms with Crippen molar-refractivity contribution in [3.05, 3.63) is 47.0 Å². The number of amides is 3. The number of carbonyl (C=O) groups excluding carboxylic acids is 4. The minimum absolute atomic E-state index is 0.0220. The fraction of sp³-hybridized carbons (Fsp3) is 0.481. The van der Waals surface area contributed by atoms with Gasteiger partial charge in [0.25, 0.3) is 5.91 Å². The normalized spacial score (nSPS) is 14.3. The number of halogens is 2. The van der Waals surface area contributed by atoms with Crippen molar-refractivity contribution in [1.29, 1.82) is 0 Å². The monoisotopic (exact) mass is 577 g/mol. The van der Waals surface area contributed by atoms with E-state index in [-0.39, 0.29) is 62.3 Å². The van der Waals surface area contributed by atoms with E-state index < -0.39 is 41.3 Å². The molecule has 3 rings (SSSR count). The van der Waals surface area contributed by atoms with Crippen molar-refractivity contribution < 1.29 is 33.0 Å². The number of benzene rings is 1. The predicted molar refractivity (Wildman–Crippen MR) is 144 cm³/mol. The summed E-state index contributed by atoms with van der Waals surface area (Å²) in [5, 5.41) is 2.64. The second kappa shape index (κ2) is 13.5. The maximum absolute atomic E-state index is 13.5. The van der Waals surface area contributed by atoms with Crippen molar-refractivity contribution in [2.75, 3.05) is 32.8 Å². The third-order valence-corrected chi connectivity index (χ3v) is 6.00. The fourth-order valence-electron chi connectivity index (χ4n) is 3.95. The van der Waals surface area contributed by atoms with Crippen molar-refractivity contribution in [1.82, 2.24) is 25.1 Å². The van der Waals surface area contributed by atoms with Crippen LogP contribution in [0.4, 0.5) is 9.18 Å². The second-order valence-electron chi connectivity index (χ2n) is 10.1. The van der Waals surface area contributed by atoms with Gasteiger partial charge in [0.15, 0.2) is 5.82 Å². The Hall–Kier alpha value is -3.80. The van der Waals surface area contributed by atoms with E-state index in [0.29, 0.717) is 5.56 Å². The molecule has 40 heavy (non-hydrogen) atoms. The van der Waals surface area contributed by atoms with E-state index in [0.717, 1.165) is 0 Å². The molecule has 1 atom stereocenters. The molecule has 2 heterocycles. The zero-order valence-electron chi connectivity index (χ0n) is 22.9. The average molecular weight is 578 g/mol. The second-order valence-corrected chi connectivity index (χ2v) is 10.5. The molecule has 216 valence electrons. The molecule has 3 amide bonds. The Bertz CT molecular complexity index is 1230. The van der Waals surface area contributed by atoms with Crippen LogP contribution in [0.25, 0.3) is 11.4 Å². The largest absolute Gasteiger partial charge is 0.460 e. The number of nitrogens with one attached hydrogen (secondary N) is 1. The molecule has 2 aromatic rings. The number of esters is 1. The van der Waals surface area contributed by atoms with Gasteiger partial charge in [0.2, 0.25) is 5.91 Å². The third-order valence-electron chi connectivity index (χ3n) is 5.81. The lowest BCUT2D eigenvalue weighted by Crippen LogP contribution is -2.56. The van der Waals surface area contributed by atoms with Gasteiger partial charge in [-0.05, 0) is 58.4 Å². The summed E-state index contributed by atoms with van der Waals surface area (Å²) in [6.07, 6.45) is -0.606. The summed E-state index contributed by atoms with van der Waals surface area (Å²) in [4.78, 5) is 62.5. The number of hydrogen-bond donors (Lipinski definition) is 1. The molecule has 1 aromatic heterocycles.